The summed E-state index contributed by atoms with van der Waals surface area (Å²) in [6.45, 7) is 4.56. The predicted octanol–water partition coefficient (Wildman–Crippen LogP) is 11.0. The lowest BCUT2D eigenvalue weighted by Gasteiger charge is -2.24. The van der Waals surface area contributed by atoms with Crippen molar-refractivity contribution in [3.63, 3.8) is 0 Å². The Labute approximate surface area is 251 Å². The highest BCUT2D eigenvalue weighted by Gasteiger charge is 2.21. The van der Waals surface area contributed by atoms with Gasteiger partial charge >= 0.3 is 0 Å². The van der Waals surface area contributed by atoms with Crippen molar-refractivity contribution >= 4 is 17.1 Å². The molecule has 2 atom stereocenters. The summed E-state index contributed by atoms with van der Waals surface area (Å²) in [5.74, 6) is 0.619. The second-order valence-electron chi connectivity index (χ2n) is 12.1. The Balaban J connectivity index is 1.82. The molecule has 0 saturated heterocycles. The van der Waals surface area contributed by atoms with Crippen LogP contribution in [0, 0.1) is 0 Å². The van der Waals surface area contributed by atoms with E-state index >= 15 is 0 Å². The van der Waals surface area contributed by atoms with Gasteiger partial charge in [-0.15, -0.1) is 0 Å². The third kappa shape index (κ3) is 11.1. The van der Waals surface area contributed by atoms with Crippen LogP contribution in [0.2, 0.25) is 0 Å². The molecule has 0 fully saturated rings. The molecule has 0 aliphatic rings. The van der Waals surface area contributed by atoms with E-state index in [-0.39, 0.29) is 5.92 Å². The number of anilines is 3. The van der Waals surface area contributed by atoms with E-state index in [1.807, 2.05) is 24.3 Å². The van der Waals surface area contributed by atoms with Gasteiger partial charge < -0.3 is 17.2 Å². The molecule has 3 aromatic rings. The zero-order chi connectivity index (χ0) is 29.3. The fourth-order valence-corrected chi connectivity index (χ4v) is 6.21. The van der Waals surface area contributed by atoms with Crippen molar-refractivity contribution in [2.24, 2.45) is 0 Å². The molecule has 0 aliphatic carbocycles. The van der Waals surface area contributed by atoms with Crippen LogP contribution in [-0.2, 0) is 0 Å². The highest BCUT2D eigenvalue weighted by molar-refractivity contribution is 5.56. The van der Waals surface area contributed by atoms with Gasteiger partial charge in [0.1, 0.15) is 0 Å². The van der Waals surface area contributed by atoms with Gasteiger partial charge in [0.2, 0.25) is 0 Å². The summed E-state index contributed by atoms with van der Waals surface area (Å²) in [5.41, 5.74) is 26.7. The Hall–Kier alpha value is -2.94. The minimum Gasteiger partial charge on any atom is -0.399 e. The lowest BCUT2D eigenvalue weighted by molar-refractivity contribution is 0.555. The Morgan fingerprint density at radius 1 is 0.439 bits per heavy atom. The first-order valence-electron chi connectivity index (χ1n) is 16.6. The topological polar surface area (TPSA) is 78.1 Å². The first kappa shape index (κ1) is 32.6. The lowest BCUT2D eigenvalue weighted by atomic mass is 9.81. The van der Waals surface area contributed by atoms with Crippen LogP contribution in [-0.4, -0.2) is 0 Å². The number of nitrogen functional groups attached to an aromatic ring is 3. The van der Waals surface area contributed by atoms with E-state index in [9.17, 15) is 0 Å². The van der Waals surface area contributed by atoms with Gasteiger partial charge in [0.15, 0.2) is 0 Å². The monoisotopic (exact) mass is 555 g/mol. The molecule has 0 bridgehead atoms. The molecule has 6 N–H and O–H groups in total. The standard InChI is InChI=1S/C38H57N3/c1-3-5-7-9-11-13-15-17-35(30-19-24-33(39)25-20-30)32-23-28-38(41)37(29-32)36(31-21-26-34(40)27-22-31)18-16-14-12-10-8-6-4-2/h19-29,35-36H,3-18,39-41H2,1-2H3. The second-order valence-corrected chi connectivity index (χ2v) is 12.1. The summed E-state index contributed by atoms with van der Waals surface area (Å²) in [4.78, 5) is 0. The van der Waals surface area contributed by atoms with Crippen molar-refractivity contribution in [3.8, 4) is 0 Å². The van der Waals surface area contributed by atoms with Crippen LogP contribution < -0.4 is 17.2 Å². The highest BCUT2D eigenvalue weighted by atomic mass is 14.6. The van der Waals surface area contributed by atoms with Gasteiger partial charge in [-0.2, -0.15) is 0 Å². The molecule has 224 valence electrons. The first-order valence-corrected chi connectivity index (χ1v) is 16.6. The minimum atomic E-state index is 0.275. The van der Waals surface area contributed by atoms with Gasteiger partial charge in [0, 0.05) is 28.9 Å². The maximum absolute atomic E-state index is 6.74. The number of hydrogen-bond donors (Lipinski definition) is 3. The normalized spacial score (nSPS) is 12.8. The molecule has 0 saturated carbocycles. The molecule has 0 amide bonds. The Morgan fingerprint density at radius 2 is 0.829 bits per heavy atom. The number of hydrogen-bond acceptors (Lipinski definition) is 3. The van der Waals surface area contributed by atoms with Gasteiger partial charge in [-0.1, -0.05) is 140 Å². The average molecular weight is 556 g/mol. The van der Waals surface area contributed by atoms with Crippen LogP contribution in [0.3, 0.4) is 0 Å². The molecular formula is C38H57N3. The second kappa shape index (κ2) is 18.5. The Kier molecular flexibility index (Phi) is 14.7. The predicted molar refractivity (Wildman–Crippen MR) is 181 cm³/mol. The summed E-state index contributed by atoms with van der Waals surface area (Å²) < 4.78 is 0. The van der Waals surface area contributed by atoms with Crippen molar-refractivity contribution in [3.05, 3.63) is 89.0 Å². The summed E-state index contributed by atoms with van der Waals surface area (Å²) in [6, 6.07) is 23.8. The van der Waals surface area contributed by atoms with Crippen molar-refractivity contribution in [1.82, 2.24) is 0 Å². The molecule has 2 unspecified atom stereocenters. The fraction of sp³-hybridized carbons (Fsp3) is 0.526. The molecule has 0 aromatic heterocycles. The zero-order valence-corrected chi connectivity index (χ0v) is 26.1. The largest absolute Gasteiger partial charge is 0.399 e. The Morgan fingerprint density at radius 3 is 1.32 bits per heavy atom. The number of unbranched alkanes of at least 4 members (excludes halogenated alkanes) is 12. The van der Waals surface area contributed by atoms with E-state index < -0.39 is 0 Å². The summed E-state index contributed by atoms with van der Waals surface area (Å²) >= 11 is 0. The van der Waals surface area contributed by atoms with Crippen LogP contribution in [0.15, 0.2) is 66.7 Å². The van der Waals surface area contributed by atoms with Crippen LogP contribution in [0.5, 0.6) is 0 Å². The van der Waals surface area contributed by atoms with E-state index in [4.69, 9.17) is 17.2 Å². The minimum absolute atomic E-state index is 0.275. The van der Waals surface area contributed by atoms with Gasteiger partial charge in [0.05, 0.1) is 0 Å². The van der Waals surface area contributed by atoms with Crippen LogP contribution in [0.25, 0.3) is 0 Å². The van der Waals surface area contributed by atoms with E-state index in [1.54, 1.807) is 0 Å². The van der Waals surface area contributed by atoms with Crippen molar-refractivity contribution in [2.75, 3.05) is 17.2 Å². The van der Waals surface area contributed by atoms with Gasteiger partial charge in [0.25, 0.3) is 0 Å². The van der Waals surface area contributed by atoms with Crippen molar-refractivity contribution < 1.29 is 0 Å². The first-order chi connectivity index (χ1) is 20.0. The molecule has 41 heavy (non-hydrogen) atoms. The molecule has 0 spiro atoms. The molecule has 3 aromatic carbocycles. The SMILES string of the molecule is CCCCCCCCCC(c1ccc(N)cc1)c1ccc(N)c(C(CCCCCCCCC)c2ccc(N)cc2)c1. The number of rotatable bonds is 20. The smallest absolute Gasteiger partial charge is 0.0353 e. The Bertz CT molecular complexity index is 1100. The summed E-state index contributed by atoms with van der Waals surface area (Å²) in [5, 5.41) is 0. The van der Waals surface area contributed by atoms with E-state index in [2.05, 4.69) is 56.3 Å². The highest BCUT2D eigenvalue weighted by Crippen LogP contribution is 2.38. The fourth-order valence-electron chi connectivity index (χ4n) is 6.21. The van der Waals surface area contributed by atoms with Crippen LogP contribution in [0.4, 0.5) is 17.1 Å². The lowest BCUT2D eigenvalue weighted by Crippen LogP contribution is -2.09. The molecule has 0 heterocycles. The maximum Gasteiger partial charge on any atom is 0.0353 e. The van der Waals surface area contributed by atoms with Crippen LogP contribution in [0.1, 0.15) is 151 Å². The van der Waals surface area contributed by atoms with Crippen molar-refractivity contribution in [1.29, 1.82) is 0 Å². The number of nitrogens with two attached hydrogens (primary N) is 3. The molecule has 3 rings (SSSR count). The number of benzene rings is 3. The third-order valence-corrected chi connectivity index (χ3v) is 8.76. The zero-order valence-electron chi connectivity index (χ0n) is 26.1. The van der Waals surface area contributed by atoms with Gasteiger partial charge in [-0.3, -0.25) is 0 Å². The summed E-state index contributed by atoms with van der Waals surface area (Å²) in [6.07, 6.45) is 20.7. The third-order valence-electron chi connectivity index (χ3n) is 8.76. The average Bonchev–Trinajstić information content (AvgIpc) is 2.98. The molecule has 3 heteroatoms. The van der Waals surface area contributed by atoms with E-state index in [1.165, 1.54) is 112 Å². The van der Waals surface area contributed by atoms with Gasteiger partial charge in [-0.25, -0.2) is 0 Å². The summed E-state index contributed by atoms with van der Waals surface area (Å²) in [7, 11) is 0. The quantitative estimate of drug-likeness (QED) is 0.0958. The molecular weight excluding hydrogens is 498 g/mol. The maximum atomic E-state index is 6.74. The van der Waals surface area contributed by atoms with Gasteiger partial charge in [-0.05, 0) is 65.4 Å². The molecule has 0 radical (unpaired) electrons. The molecule has 0 aliphatic heterocycles. The van der Waals surface area contributed by atoms with Crippen LogP contribution >= 0.6 is 0 Å². The van der Waals surface area contributed by atoms with Crippen molar-refractivity contribution in [2.45, 2.75) is 128 Å². The van der Waals surface area contributed by atoms with E-state index in [0.717, 1.165) is 29.9 Å². The molecule has 3 nitrogen and oxygen atoms in total. The van der Waals surface area contributed by atoms with E-state index in [0.29, 0.717) is 5.92 Å².